The van der Waals surface area contributed by atoms with Crippen LogP contribution in [0.2, 0.25) is 0 Å². The third-order valence-corrected chi connectivity index (χ3v) is 7.11. The number of carbonyl (C=O) groups excluding carboxylic acids is 1. The summed E-state index contributed by atoms with van der Waals surface area (Å²) in [5, 5.41) is 9.54. The fourth-order valence-corrected chi connectivity index (χ4v) is 5.28. The normalized spacial score (nSPS) is 14.8. The van der Waals surface area contributed by atoms with Crippen LogP contribution in [0.3, 0.4) is 0 Å². The number of primary amides is 1. The van der Waals surface area contributed by atoms with Crippen LogP contribution in [-0.4, -0.2) is 39.7 Å². The SMILES string of the molecule is NC(=O)c1c(-c2ccc(NS(=O)(=O)C3CCCCC3)cc2)n[nH]c1Nc1cnccn1. The van der Waals surface area contributed by atoms with Crippen LogP contribution in [0.5, 0.6) is 0 Å². The van der Waals surface area contributed by atoms with Crippen molar-refractivity contribution in [3.63, 3.8) is 0 Å². The number of nitrogens with one attached hydrogen (secondary N) is 3. The summed E-state index contributed by atoms with van der Waals surface area (Å²) in [6.07, 6.45) is 8.86. The van der Waals surface area contributed by atoms with Gasteiger partial charge in [0.1, 0.15) is 22.9 Å². The lowest BCUT2D eigenvalue weighted by molar-refractivity contribution is 0.100. The van der Waals surface area contributed by atoms with Crippen molar-refractivity contribution in [3.8, 4) is 11.3 Å². The fourth-order valence-electron chi connectivity index (χ4n) is 3.69. The number of anilines is 3. The second-order valence-electron chi connectivity index (χ2n) is 7.39. The Hall–Kier alpha value is -3.47. The van der Waals surface area contributed by atoms with E-state index in [2.05, 4.69) is 30.2 Å². The average Bonchev–Trinajstić information content (AvgIpc) is 3.19. The Morgan fingerprint density at radius 1 is 1.10 bits per heavy atom. The topological polar surface area (TPSA) is 156 Å². The fraction of sp³-hybridized carbons (Fsp3) is 0.300. The Kier molecular flexibility index (Phi) is 5.85. The predicted molar refractivity (Wildman–Crippen MR) is 117 cm³/mol. The maximum absolute atomic E-state index is 12.6. The van der Waals surface area contributed by atoms with E-state index in [9.17, 15) is 13.2 Å². The summed E-state index contributed by atoms with van der Waals surface area (Å²) in [7, 11) is -3.43. The molecule has 2 heterocycles. The number of aromatic nitrogens is 4. The van der Waals surface area contributed by atoms with Gasteiger partial charge in [-0.3, -0.25) is 19.6 Å². The van der Waals surface area contributed by atoms with Gasteiger partial charge in [0.15, 0.2) is 0 Å². The Balaban J connectivity index is 1.55. The smallest absolute Gasteiger partial charge is 0.254 e. The number of H-pyrrole nitrogens is 1. The molecule has 4 rings (SSSR count). The number of nitrogens with two attached hydrogens (primary N) is 1. The molecule has 0 radical (unpaired) electrons. The zero-order valence-electron chi connectivity index (χ0n) is 16.7. The molecule has 3 aromatic rings. The molecule has 0 aliphatic heterocycles. The van der Waals surface area contributed by atoms with Crippen LogP contribution in [0.4, 0.5) is 17.3 Å². The number of aromatic amines is 1. The lowest BCUT2D eigenvalue weighted by Gasteiger charge is -2.22. The molecule has 162 valence electrons. The predicted octanol–water partition coefficient (Wildman–Crippen LogP) is 2.78. The van der Waals surface area contributed by atoms with E-state index in [-0.39, 0.29) is 10.8 Å². The van der Waals surface area contributed by atoms with E-state index in [0.29, 0.717) is 41.4 Å². The van der Waals surface area contributed by atoms with Crippen LogP contribution in [0, 0.1) is 0 Å². The summed E-state index contributed by atoms with van der Waals surface area (Å²) in [5.74, 6) is 0.0509. The largest absolute Gasteiger partial charge is 0.365 e. The van der Waals surface area contributed by atoms with Gasteiger partial charge >= 0.3 is 0 Å². The highest BCUT2D eigenvalue weighted by Gasteiger charge is 2.27. The molecule has 1 aliphatic carbocycles. The number of nitrogens with zero attached hydrogens (tertiary/aromatic N) is 3. The van der Waals surface area contributed by atoms with Crippen molar-refractivity contribution in [3.05, 3.63) is 48.4 Å². The van der Waals surface area contributed by atoms with Crippen LogP contribution >= 0.6 is 0 Å². The third-order valence-electron chi connectivity index (χ3n) is 5.24. The van der Waals surface area contributed by atoms with Gasteiger partial charge < -0.3 is 11.1 Å². The number of amides is 1. The van der Waals surface area contributed by atoms with E-state index < -0.39 is 15.9 Å². The van der Waals surface area contributed by atoms with Gasteiger partial charge in [0.05, 0.1) is 11.4 Å². The molecule has 0 unspecified atom stereocenters. The Bertz CT molecular complexity index is 1160. The standard InChI is InChI=1S/C20H23N7O3S/c21-19(28)17-18(25-26-20(17)24-16-12-22-10-11-23-16)13-6-8-14(9-7-13)27-31(29,30)15-4-2-1-3-5-15/h6-12,15,27H,1-5H2,(H2,21,28)(H2,23,24,25,26). The van der Waals surface area contributed by atoms with Crippen molar-refractivity contribution in [1.82, 2.24) is 20.2 Å². The first kappa shape index (κ1) is 20.8. The lowest BCUT2D eigenvalue weighted by Crippen LogP contribution is -2.29. The molecule has 5 N–H and O–H groups in total. The van der Waals surface area contributed by atoms with Gasteiger partial charge in [-0.15, -0.1) is 0 Å². The van der Waals surface area contributed by atoms with Crippen molar-refractivity contribution in [2.45, 2.75) is 37.4 Å². The molecule has 10 nitrogen and oxygen atoms in total. The van der Waals surface area contributed by atoms with Crippen LogP contribution in [0.15, 0.2) is 42.9 Å². The van der Waals surface area contributed by atoms with Crippen molar-refractivity contribution in [2.75, 3.05) is 10.0 Å². The molecular formula is C20H23N7O3S. The lowest BCUT2D eigenvalue weighted by atomic mass is 10.0. The van der Waals surface area contributed by atoms with Gasteiger partial charge in [0.25, 0.3) is 5.91 Å². The maximum Gasteiger partial charge on any atom is 0.254 e. The molecule has 0 spiro atoms. The van der Waals surface area contributed by atoms with Crippen molar-refractivity contribution in [1.29, 1.82) is 0 Å². The highest BCUT2D eigenvalue weighted by molar-refractivity contribution is 7.93. The molecule has 1 saturated carbocycles. The van der Waals surface area contributed by atoms with E-state index in [1.807, 2.05) is 0 Å². The van der Waals surface area contributed by atoms with Crippen molar-refractivity contribution in [2.24, 2.45) is 5.73 Å². The average molecular weight is 442 g/mol. The van der Waals surface area contributed by atoms with E-state index in [1.54, 1.807) is 24.3 Å². The van der Waals surface area contributed by atoms with Gasteiger partial charge in [0, 0.05) is 23.6 Å². The van der Waals surface area contributed by atoms with E-state index in [0.717, 1.165) is 19.3 Å². The summed E-state index contributed by atoms with van der Waals surface area (Å²) in [4.78, 5) is 20.2. The minimum absolute atomic E-state index is 0.168. The molecule has 1 fully saturated rings. The molecule has 2 aromatic heterocycles. The van der Waals surface area contributed by atoms with E-state index in [4.69, 9.17) is 5.73 Å². The van der Waals surface area contributed by atoms with Gasteiger partial charge in [0.2, 0.25) is 10.0 Å². The number of hydrogen-bond donors (Lipinski definition) is 4. The molecule has 11 heteroatoms. The van der Waals surface area contributed by atoms with Gasteiger partial charge in [-0.05, 0) is 25.0 Å². The highest BCUT2D eigenvalue weighted by atomic mass is 32.2. The second-order valence-corrected chi connectivity index (χ2v) is 9.35. The maximum atomic E-state index is 12.6. The molecule has 0 saturated heterocycles. The number of benzene rings is 1. The number of rotatable bonds is 7. The Labute approximate surface area is 179 Å². The highest BCUT2D eigenvalue weighted by Crippen LogP contribution is 2.30. The number of hydrogen-bond acceptors (Lipinski definition) is 7. The summed E-state index contributed by atoms with van der Waals surface area (Å²) in [6.45, 7) is 0. The minimum atomic E-state index is -3.43. The monoisotopic (exact) mass is 441 g/mol. The van der Waals surface area contributed by atoms with Gasteiger partial charge in [-0.25, -0.2) is 13.4 Å². The van der Waals surface area contributed by atoms with Gasteiger partial charge in [-0.2, -0.15) is 5.10 Å². The van der Waals surface area contributed by atoms with E-state index >= 15 is 0 Å². The zero-order chi connectivity index (χ0) is 21.8. The number of carbonyl (C=O) groups is 1. The third kappa shape index (κ3) is 4.66. The van der Waals surface area contributed by atoms with Crippen LogP contribution in [0.1, 0.15) is 42.5 Å². The van der Waals surface area contributed by atoms with Crippen molar-refractivity contribution < 1.29 is 13.2 Å². The molecule has 1 amide bonds. The first-order chi connectivity index (χ1) is 14.9. The number of sulfonamides is 1. The minimum Gasteiger partial charge on any atom is -0.365 e. The molecule has 31 heavy (non-hydrogen) atoms. The van der Waals surface area contributed by atoms with Crippen LogP contribution < -0.4 is 15.8 Å². The molecule has 0 bridgehead atoms. The van der Waals surface area contributed by atoms with Gasteiger partial charge in [-0.1, -0.05) is 31.4 Å². The Morgan fingerprint density at radius 3 is 2.48 bits per heavy atom. The quantitative estimate of drug-likeness (QED) is 0.439. The summed E-state index contributed by atoms with van der Waals surface area (Å²) in [6, 6.07) is 6.66. The summed E-state index contributed by atoms with van der Waals surface area (Å²) < 4.78 is 27.9. The summed E-state index contributed by atoms with van der Waals surface area (Å²) >= 11 is 0. The van der Waals surface area contributed by atoms with Crippen LogP contribution in [0.25, 0.3) is 11.3 Å². The molecule has 1 aromatic carbocycles. The second kappa shape index (κ2) is 8.72. The molecule has 1 aliphatic rings. The first-order valence-electron chi connectivity index (χ1n) is 9.97. The molecule has 0 atom stereocenters. The van der Waals surface area contributed by atoms with E-state index in [1.165, 1.54) is 18.6 Å². The zero-order valence-corrected chi connectivity index (χ0v) is 17.5. The van der Waals surface area contributed by atoms with Crippen LogP contribution in [-0.2, 0) is 10.0 Å². The molecular weight excluding hydrogens is 418 g/mol. The Morgan fingerprint density at radius 2 is 1.84 bits per heavy atom. The first-order valence-corrected chi connectivity index (χ1v) is 11.5. The summed E-state index contributed by atoms with van der Waals surface area (Å²) in [5.41, 5.74) is 7.17. The van der Waals surface area contributed by atoms with Crippen molar-refractivity contribution >= 4 is 33.3 Å².